The summed E-state index contributed by atoms with van der Waals surface area (Å²) >= 11 is 0. The second kappa shape index (κ2) is 6.02. The van der Waals surface area contributed by atoms with Crippen LogP contribution in [0.3, 0.4) is 0 Å². The molecule has 0 fully saturated rings. The predicted octanol–water partition coefficient (Wildman–Crippen LogP) is 2.96. The molecule has 0 radical (unpaired) electrons. The van der Waals surface area contributed by atoms with Gasteiger partial charge in [-0.3, -0.25) is 0 Å². The normalized spacial score (nSPS) is 10.3. The molecule has 0 unspecified atom stereocenters. The van der Waals surface area contributed by atoms with Crippen LogP contribution in [0.25, 0.3) is 0 Å². The van der Waals surface area contributed by atoms with E-state index >= 15 is 0 Å². The zero-order valence-electron chi connectivity index (χ0n) is 10.5. The van der Waals surface area contributed by atoms with Gasteiger partial charge in [0.2, 0.25) is 5.95 Å². The molecular weight excluding hydrogens is 226 g/mol. The number of aromatic nitrogens is 2. The van der Waals surface area contributed by atoms with Gasteiger partial charge in [-0.25, -0.2) is 4.98 Å². The van der Waals surface area contributed by atoms with Crippen LogP contribution >= 0.6 is 0 Å². The third kappa shape index (κ3) is 2.99. The number of hydrogen-bond acceptors (Lipinski definition) is 3. The summed E-state index contributed by atoms with van der Waals surface area (Å²) in [5.74, 6) is 0.810. The molecule has 1 aromatic heterocycles. The maximum Gasteiger partial charge on any atom is 0.207 e. The molecule has 0 saturated carbocycles. The average molecular weight is 243 g/mol. The van der Waals surface area contributed by atoms with Crippen molar-refractivity contribution in [1.82, 2.24) is 9.55 Å². The molecular formula is C14H17N3O. The topological polar surface area (TPSA) is 39.1 Å². The Morgan fingerprint density at radius 2 is 2.39 bits per heavy atom. The van der Waals surface area contributed by atoms with Gasteiger partial charge in [0, 0.05) is 31.7 Å². The number of anilines is 2. The molecule has 0 spiro atoms. The van der Waals surface area contributed by atoms with Gasteiger partial charge in [0.1, 0.15) is 0 Å². The van der Waals surface area contributed by atoms with E-state index in [1.54, 1.807) is 13.3 Å². The highest BCUT2D eigenvalue weighted by molar-refractivity contribution is 5.54. The fourth-order valence-electron chi connectivity index (χ4n) is 1.75. The fourth-order valence-corrected chi connectivity index (χ4v) is 1.75. The maximum absolute atomic E-state index is 5.12. The van der Waals surface area contributed by atoms with Gasteiger partial charge < -0.3 is 14.6 Å². The minimum atomic E-state index is 0.608. The van der Waals surface area contributed by atoms with Crippen LogP contribution in [-0.4, -0.2) is 16.7 Å². The van der Waals surface area contributed by atoms with Crippen LogP contribution in [0.4, 0.5) is 11.6 Å². The Morgan fingerprint density at radius 1 is 1.50 bits per heavy atom. The number of benzene rings is 1. The SMILES string of the molecule is C=CCn1ccnc1Nc1cccc(COC)c1. The smallest absolute Gasteiger partial charge is 0.207 e. The first kappa shape index (κ1) is 12.4. The fraction of sp³-hybridized carbons (Fsp3) is 0.214. The number of nitrogens with one attached hydrogen (secondary N) is 1. The lowest BCUT2D eigenvalue weighted by Gasteiger charge is -2.09. The molecule has 0 aliphatic rings. The van der Waals surface area contributed by atoms with Crippen LogP contribution < -0.4 is 5.32 Å². The van der Waals surface area contributed by atoms with Gasteiger partial charge in [-0.15, -0.1) is 6.58 Å². The van der Waals surface area contributed by atoms with E-state index in [9.17, 15) is 0 Å². The van der Waals surface area contributed by atoms with Crippen LogP contribution in [0.15, 0.2) is 49.3 Å². The second-order valence-corrected chi connectivity index (χ2v) is 3.95. The van der Waals surface area contributed by atoms with Crippen LogP contribution in [-0.2, 0) is 17.9 Å². The highest BCUT2D eigenvalue weighted by atomic mass is 16.5. The maximum atomic E-state index is 5.12. The zero-order valence-corrected chi connectivity index (χ0v) is 10.5. The molecule has 4 nitrogen and oxygen atoms in total. The molecule has 18 heavy (non-hydrogen) atoms. The summed E-state index contributed by atoms with van der Waals surface area (Å²) in [6.07, 6.45) is 5.53. The summed E-state index contributed by atoms with van der Waals surface area (Å²) in [4.78, 5) is 4.28. The van der Waals surface area contributed by atoms with E-state index in [1.807, 2.05) is 35.0 Å². The van der Waals surface area contributed by atoms with Crippen LogP contribution in [0, 0.1) is 0 Å². The highest BCUT2D eigenvalue weighted by Crippen LogP contribution is 2.16. The Balaban J connectivity index is 2.14. The molecule has 2 rings (SSSR count). The van der Waals surface area contributed by atoms with Crippen LogP contribution in [0.2, 0.25) is 0 Å². The van der Waals surface area contributed by atoms with Crippen molar-refractivity contribution in [1.29, 1.82) is 0 Å². The average Bonchev–Trinajstić information content (AvgIpc) is 2.78. The van der Waals surface area contributed by atoms with Gasteiger partial charge in [0.25, 0.3) is 0 Å². The van der Waals surface area contributed by atoms with Gasteiger partial charge >= 0.3 is 0 Å². The van der Waals surface area contributed by atoms with Gasteiger partial charge in [0.05, 0.1) is 6.61 Å². The van der Waals surface area contributed by atoms with E-state index in [0.29, 0.717) is 6.61 Å². The Hall–Kier alpha value is -2.07. The molecule has 1 N–H and O–H groups in total. The van der Waals surface area contributed by atoms with Crippen LogP contribution in [0.5, 0.6) is 0 Å². The summed E-state index contributed by atoms with van der Waals surface area (Å²) in [6.45, 7) is 5.07. The largest absolute Gasteiger partial charge is 0.380 e. The van der Waals surface area contributed by atoms with Crippen molar-refractivity contribution < 1.29 is 4.74 Å². The van der Waals surface area contributed by atoms with E-state index in [1.165, 1.54) is 0 Å². The molecule has 0 bridgehead atoms. The van der Waals surface area contributed by atoms with Crippen molar-refractivity contribution in [3.8, 4) is 0 Å². The monoisotopic (exact) mass is 243 g/mol. The molecule has 94 valence electrons. The van der Waals surface area contributed by atoms with Crippen molar-refractivity contribution >= 4 is 11.6 Å². The molecule has 1 heterocycles. The number of imidazole rings is 1. The first-order valence-electron chi connectivity index (χ1n) is 5.80. The van der Waals surface area contributed by atoms with Gasteiger partial charge in [-0.2, -0.15) is 0 Å². The third-order valence-electron chi connectivity index (χ3n) is 2.54. The molecule has 1 aromatic carbocycles. The second-order valence-electron chi connectivity index (χ2n) is 3.95. The van der Waals surface area contributed by atoms with E-state index in [0.717, 1.165) is 23.7 Å². The standard InChI is InChI=1S/C14H17N3O/c1-3-8-17-9-7-15-14(17)16-13-6-4-5-12(10-13)11-18-2/h3-7,9-10H,1,8,11H2,2H3,(H,15,16). The lowest BCUT2D eigenvalue weighted by Crippen LogP contribution is -2.02. The minimum absolute atomic E-state index is 0.608. The number of allylic oxidation sites excluding steroid dienone is 1. The van der Waals surface area contributed by atoms with Gasteiger partial charge in [-0.05, 0) is 17.7 Å². The number of nitrogens with zero attached hydrogens (tertiary/aromatic N) is 2. The van der Waals surface area contributed by atoms with E-state index in [-0.39, 0.29) is 0 Å². The molecule has 4 heteroatoms. The van der Waals surface area contributed by atoms with E-state index in [2.05, 4.69) is 22.9 Å². The third-order valence-corrected chi connectivity index (χ3v) is 2.54. The molecule has 0 aliphatic carbocycles. The lowest BCUT2D eigenvalue weighted by atomic mass is 10.2. The molecule has 0 saturated heterocycles. The summed E-state index contributed by atoms with van der Waals surface area (Å²) in [7, 11) is 1.69. The Morgan fingerprint density at radius 3 is 3.17 bits per heavy atom. The summed E-state index contributed by atoms with van der Waals surface area (Å²) in [5, 5.41) is 3.28. The van der Waals surface area contributed by atoms with E-state index < -0.39 is 0 Å². The summed E-state index contributed by atoms with van der Waals surface area (Å²) in [5.41, 5.74) is 2.13. The first-order chi connectivity index (χ1) is 8.83. The number of hydrogen-bond donors (Lipinski definition) is 1. The van der Waals surface area contributed by atoms with Crippen molar-refractivity contribution in [2.24, 2.45) is 0 Å². The predicted molar refractivity (Wildman–Crippen MR) is 72.9 cm³/mol. The van der Waals surface area contributed by atoms with Crippen LogP contribution in [0.1, 0.15) is 5.56 Å². The van der Waals surface area contributed by atoms with Crippen molar-refractivity contribution in [2.45, 2.75) is 13.2 Å². The summed E-state index contributed by atoms with van der Waals surface area (Å²) in [6, 6.07) is 8.09. The molecule has 2 aromatic rings. The van der Waals surface area contributed by atoms with Crippen molar-refractivity contribution in [2.75, 3.05) is 12.4 Å². The van der Waals surface area contributed by atoms with E-state index in [4.69, 9.17) is 4.74 Å². The summed E-state index contributed by atoms with van der Waals surface area (Å²) < 4.78 is 7.11. The molecule has 0 amide bonds. The lowest BCUT2D eigenvalue weighted by molar-refractivity contribution is 0.185. The molecule has 0 atom stereocenters. The number of ether oxygens (including phenoxy) is 1. The minimum Gasteiger partial charge on any atom is -0.380 e. The number of methoxy groups -OCH3 is 1. The quantitative estimate of drug-likeness (QED) is 0.793. The van der Waals surface area contributed by atoms with Gasteiger partial charge in [0.15, 0.2) is 0 Å². The Kier molecular flexibility index (Phi) is 4.15. The number of rotatable bonds is 6. The molecule has 0 aliphatic heterocycles. The zero-order chi connectivity index (χ0) is 12.8. The van der Waals surface area contributed by atoms with Crippen molar-refractivity contribution in [3.63, 3.8) is 0 Å². The Labute approximate surface area is 107 Å². The first-order valence-corrected chi connectivity index (χ1v) is 5.80. The van der Waals surface area contributed by atoms with Crippen molar-refractivity contribution in [3.05, 3.63) is 54.9 Å². The van der Waals surface area contributed by atoms with Gasteiger partial charge in [-0.1, -0.05) is 18.2 Å². The Bertz CT molecular complexity index is 519. The highest BCUT2D eigenvalue weighted by Gasteiger charge is 2.02.